The van der Waals surface area contributed by atoms with Gasteiger partial charge < -0.3 is 0 Å². The first-order valence-electron chi connectivity index (χ1n) is 4.22. The first-order chi connectivity index (χ1) is 5.09. The van der Waals surface area contributed by atoms with Crippen molar-refractivity contribution < 1.29 is 0 Å². The van der Waals surface area contributed by atoms with Crippen molar-refractivity contribution in [2.75, 3.05) is 0 Å². The molecule has 1 unspecified atom stereocenters. The van der Waals surface area contributed by atoms with Crippen LogP contribution in [0.2, 0.25) is 0 Å². The molecule has 1 aliphatic carbocycles. The van der Waals surface area contributed by atoms with Crippen LogP contribution in [0.1, 0.15) is 27.2 Å². The molecule has 1 atom stereocenters. The average molecular weight is 149 g/mol. The average Bonchev–Trinajstić information content (AvgIpc) is 2.16. The second kappa shape index (κ2) is 2.84. The molecule has 0 spiro atoms. The van der Waals surface area contributed by atoms with Crippen LogP contribution >= 0.6 is 0 Å². The summed E-state index contributed by atoms with van der Waals surface area (Å²) in [6.45, 7) is 10.6. The Morgan fingerprint density at radius 3 is 2.64 bits per heavy atom. The molecule has 0 aromatic carbocycles. The number of allylic oxidation sites excluding steroid dienone is 3. The highest BCUT2D eigenvalue weighted by molar-refractivity contribution is 5.22. The van der Waals surface area contributed by atoms with Crippen molar-refractivity contribution >= 4 is 0 Å². The highest BCUT2D eigenvalue weighted by Crippen LogP contribution is 2.44. The smallest absolute Gasteiger partial charge is 0.0110 e. The largest absolute Gasteiger partial charge is 0.103 e. The van der Waals surface area contributed by atoms with Gasteiger partial charge in [-0.3, -0.25) is 0 Å². The molecule has 0 fully saturated rings. The van der Waals surface area contributed by atoms with Gasteiger partial charge >= 0.3 is 0 Å². The minimum Gasteiger partial charge on any atom is -0.103 e. The predicted molar refractivity (Wildman–Crippen MR) is 50.1 cm³/mol. The van der Waals surface area contributed by atoms with Crippen LogP contribution in [0, 0.1) is 17.8 Å². The third-order valence-corrected chi connectivity index (χ3v) is 2.99. The molecule has 0 saturated heterocycles. The quantitative estimate of drug-likeness (QED) is 0.528. The second-order valence-electron chi connectivity index (χ2n) is 3.88. The standard InChI is InChI=1S/C11H17/c1-5-6-10-8-7-9(2)11(10,3)4/h5-7,10H,1,8H2,2-4H3. The van der Waals surface area contributed by atoms with Gasteiger partial charge in [-0.1, -0.05) is 31.6 Å². The van der Waals surface area contributed by atoms with Crippen LogP contribution in [0.15, 0.2) is 24.3 Å². The van der Waals surface area contributed by atoms with E-state index in [1.54, 1.807) is 0 Å². The van der Waals surface area contributed by atoms with Crippen molar-refractivity contribution in [3.05, 3.63) is 30.7 Å². The van der Waals surface area contributed by atoms with E-state index in [-0.39, 0.29) is 0 Å². The zero-order chi connectivity index (χ0) is 8.48. The molecule has 0 N–H and O–H groups in total. The van der Waals surface area contributed by atoms with Gasteiger partial charge in [-0.05, 0) is 31.1 Å². The first-order valence-corrected chi connectivity index (χ1v) is 4.22. The monoisotopic (exact) mass is 149 g/mol. The van der Waals surface area contributed by atoms with Gasteiger partial charge in [0.25, 0.3) is 0 Å². The van der Waals surface area contributed by atoms with Crippen LogP contribution in [0.3, 0.4) is 0 Å². The summed E-state index contributed by atoms with van der Waals surface area (Å²) >= 11 is 0. The fourth-order valence-corrected chi connectivity index (χ4v) is 1.64. The Morgan fingerprint density at radius 1 is 1.64 bits per heavy atom. The molecule has 0 heterocycles. The van der Waals surface area contributed by atoms with Gasteiger partial charge in [-0.25, -0.2) is 0 Å². The lowest BCUT2D eigenvalue weighted by Crippen LogP contribution is -2.20. The van der Waals surface area contributed by atoms with Crippen LogP contribution in [-0.2, 0) is 0 Å². The van der Waals surface area contributed by atoms with Gasteiger partial charge in [0, 0.05) is 0 Å². The first kappa shape index (κ1) is 8.58. The summed E-state index contributed by atoms with van der Waals surface area (Å²) in [6, 6.07) is 0. The number of rotatable bonds is 2. The molecule has 0 aliphatic heterocycles. The summed E-state index contributed by atoms with van der Waals surface area (Å²) in [4.78, 5) is 0. The predicted octanol–water partition coefficient (Wildman–Crippen LogP) is 3.37. The normalized spacial score (nSPS) is 28.3. The molecule has 0 aromatic rings. The Kier molecular flexibility index (Phi) is 2.22. The summed E-state index contributed by atoms with van der Waals surface area (Å²) in [5, 5.41) is 0. The van der Waals surface area contributed by atoms with Crippen molar-refractivity contribution in [3.8, 4) is 0 Å². The van der Waals surface area contributed by atoms with Crippen LogP contribution in [-0.4, -0.2) is 0 Å². The Labute approximate surface area is 70.0 Å². The molecular formula is C11H17. The summed E-state index contributed by atoms with van der Waals surface area (Å²) < 4.78 is 0. The molecule has 11 heavy (non-hydrogen) atoms. The maximum Gasteiger partial charge on any atom is -0.0110 e. The van der Waals surface area contributed by atoms with E-state index in [1.165, 1.54) is 12.0 Å². The van der Waals surface area contributed by atoms with E-state index in [1.807, 2.05) is 6.08 Å². The Morgan fingerprint density at radius 2 is 2.27 bits per heavy atom. The molecule has 1 radical (unpaired) electrons. The zero-order valence-electron chi connectivity index (χ0n) is 7.72. The van der Waals surface area contributed by atoms with E-state index in [0.717, 1.165) is 0 Å². The SMILES string of the molecule is C=C[CH]C1CC=C(C)C1(C)C. The van der Waals surface area contributed by atoms with Crippen molar-refractivity contribution in [1.82, 2.24) is 0 Å². The topological polar surface area (TPSA) is 0 Å². The van der Waals surface area contributed by atoms with E-state index in [9.17, 15) is 0 Å². The molecule has 0 saturated carbocycles. The molecule has 0 bridgehead atoms. The van der Waals surface area contributed by atoms with Crippen LogP contribution in [0.5, 0.6) is 0 Å². The van der Waals surface area contributed by atoms with Crippen molar-refractivity contribution in [3.63, 3.8) is 0 Å². The molecule has 1 aliphatic rings. The summed E-state index contributed by atoms with van der Waals surface area (Å²) in [5.41, 5.74) is 1.87. The van der Waals surface area contributed by atoms with E-state index in [0.29, 0.717) is 11.3 Å². The molecule has 0 amide bonds. The Hall–Kier alpha value is -0.520. The number of hydrogen-bond acceptors (Lipinski definition) is 0. The molecular weight excluding hydrogens is 132 g/mol. The van der Waals surface area contributed by atoms with Crippen molar-refractivity contribution in [2.24, 2.45) is 11.3 Å². The fourth-order valence-electron chi connectivity index (χ4n) is 1.64. The summed E-state index contributed by atoms with van der Waals surface area (Å²) in [5.74, 6) is 0.667. The van der Waals surface area contributed by atoms with Crippen molar-refractivity contribution in [2.45, 2.75) is 27.2 Å². The molecule has 0 aromatic heterocycles. The van der Waals surface area contributed by atoms with E-state index >= 15 is 0 Å². The second-order valence-corrected chi connectivity index (χ2v) is 3.88. The highest BCUT2D eigenvalue weighted by Gasteiger charge is 2.33. The third kappa shape index (κ3) is 1.40. The van der Waals surface area contributed by atoms with Gasteiger partial charge in [0.2, 0.25) is 0 Å². The lowest BCUT2D eigenvalue weighted by molar-refractivity contribution is 0.337. The summed E-state index contributed by atoms with van der Waals surface area (Å²) in [7, 11) is 0. The maximum atomic E-state index is 3.74. The zero-order valence-corrected chi connectivity index (χ0v) is 7.72. The van der Waals surface area contributed by atoms with Crippen LogP contribution in [0.4, 0.5) is 0 Å². The molecule has 61 valence electrons. The lowest BCUT2D eigenvalue weighted by atomic mass is 9.76. The highest BCUT2D eigenvalue weighted by atomic mass is 14.4. The van der Waals surface area contributed by atoms with Gasteiger partial charge in [0.15, 0.2) is 0 Å². The Balaban J connectivity index is 2.69. The van der Waals surface area contributed by atoms with E-state index < -0.39 is 0 Å². The van der Waals surface area contributed by atoms with Gasteiger partial charge in [0.05, 0.1) is 0 Å². The van der Waals surface area contributed by atoms with Gasteiger partial charge in [-0.15, -0.1) is 6.58 Å². The van der Waals surface area contributed by atoms with Gasteiger partial charge in [0.1, 0.15) is 0 Å². The van der Waals surface area contributed by atoms with E-state index in [4.69, 9.17) is 0 Å². The maximum absolute atomic E-state index is 3.74. The Bertz CT molecular complexity index is 184. The fraction of sp³-hybridized carbons (Fsp3) is 0.545. The lowest BCUT2D eigenvalue weighted by Gasteiger charge is -2.28. The van der Waals surface area contributed by atoms with Crippen LogP contribution < -0.4 is 0 Å². The van der Waals surface area contributed by atoms with Gasteiger partial charge in [-0.2, -0.15) is 0 Å². The molecule has 0 nitrogen and oxygen atoms in total. The van der Waals surface area contributed by atoms with Crippen molar-refractivity contribution in [1.29, 1.82) is 0 Å². The van der Waals surface area contributed by atoms with Crippen LogP contribution in [0.25, 0.3) is 0 Å². The molecule has 0 heteroatoms. The summed E-state index contributed by atoms with van der Waals surface area (Å²) in [6.07, 6.45) is 7.65. The molecule has 1 rings (SSSR count). The minimum atomic E-state index is 0.355. The third-order valence-electron chi connectivity index (χ3n) is 2.99. The minimum absolute atomic E-state index is 0.355. The van der Waals surface area contributed by atoms with E-state index in [2.05, 4.69) is 39.8 Å². The number of hydrogen-bond donors (Lipinski definition) is 0.